The van der Waals surface area contributed by atoms with Crippen LogP contribution in [-0.4, -0.2) is 67.2 Å². The molecule has 0 N–H and O–H groups in total. The molecule has 3 aliphatic rings. The highest BCUT2D eigenvalue weighted by atomic mass is 16.6. The van der Waals surface area contributed by atoms with Crippen LogP contribution in [0.4, 0.5) is 10.5 Å². The Bertz CT molecular complexity index is 995. The lowest BCUT2D eigenvalue weighted by Crippen LogP contribution is -2.50. The fraction of sp³-hybridized carbons (Fsp3) is 0.481. The highest BCUT2D eigenvalue weighted by molar-refractivity contribution is 5.94. The topological polar surface area (TPSA) is 62.3 Å². The summed E-state index contributed by atoms with van der Waals surface area (Å²) in [5.41, 5.74) is 2.63. The summed E-state index contributed by atoms with van der Waals surface area (Å²) in [5.74, 6) is 0.828. The molecular formula is C27H33N3O4. The number of carbonyl (C=O) groups excluding carboxylic acids is 2. The Balaban J connectivity index is 1.13. The van der Waals surface area contributed by atoms with Crippen molar-refractivity contribution in [2.24, 2.45) is 0 Å². The van der Waals surface area contributed by atoms with Gasteiger partial charge in [-0.1, -0.05) is 24.6 Å². The first kappa shape index (κ1) is 22.7. The highest BCUT2D eigenvalue weighted by Crippen LogP contribution is 2.32. The van der Waals surface area contributed by atoms with Crippen LogP contribution in [-0.2, 0) is 11.3 Å². The van der Waals surface area contributed by atoms with Gasteiger partial charge in [0, 0.05) is 36.8 Å². The number of nitrogens with zero attached hydrogens (tertiary/aromatic N) is 3. The maximum Gasteiger partial charge on any atom is 0.414 e. The van der Waals surface area contributed by atoms with Crippen molar-refractivity contribution < 1.29 is 19.1 Å². The predicted octanol–water partition coefficient (Wildman–Crippen LogP) is 4.31. The highest BCUT2D eigenvalue weighted by Gasteiger charge is 2.35. The number of amides is 2. The van der Waals surface area contributed by atoms with Crippen LogP contribution in [0.5, 0.6) is 5.75 Å². The van der Waals surface area contributed by atoms with E-state index in [0.717, 1.165) is 36.4 Å². The minimum atomic E-state index is -0.292. The number of ether oxygens (including phenoxy) is 2. The quantitative estimate of drug-likeness (QED) is 0.639. The smallest absolute Gasteiger partial charge is 0.414 e. The minimum absolute atomic E-state index is 0.0277. The summed E-state index contributed by atoms with van der Waals surface area (Å²) in [6, 6.07) is 15.4. The third kappa shape index (κ3) is 5.04. The number of likely N-dealkylation sites (tertiary alicyclic amines) is 2. The van der Waals surface area contributed by atoms with Gasteiger partial charge in [0.25, 0.3) is 5.91 Å². The van der Waals surface area contributed by atoms with E-state index in [1.54, 1.807) is 4.90 Å². The van der Waals surface area contributed by atoms with Crippen molar-refractivity contribution in [3.05, 3.63) is 59.7 Å². The van der Waals surface area contributed by atoms with E-state index in [0.29, 0.717) is 31.9 Å². The first-order valence-electron chi connectivity index (χ1n) is 12.5. The van der Waals surface area contributed by atoms with E-state index in [-0.39, 0.29) is 18.0 Å². The van der Waals surface area contributed by atoms with Crippen molar-refractivity contribution in [1.29, 1.82) is 0 Å². The van der Waals surface area contributed by atoms with Gasteiger partial charge in [0.05, 0.1) is 5.69 Å². The Morgan fingerprint density at radius 3 is 2.44 bits per heavy atom. The average molecular weight is 464 g/mol. The summed E-state index contributed by atoms with van der Waals surface area (Å²) < 4.78 is 11.3. The van der Waals surface area contributed by atoms with Crippen LogP contribution in [0.3, 0.4) is 0 Å². The van der Waals surface area contributed by atoms with Crippen molar-refractivity contribution in [1.82, 2.24) is 9.80 Å². The summed E-state index contributed by atoms with van der Waals surface area (Å²) in [7, 11) is 0. The van der Waals surface area contributed by atoms with Gasteiger partial charge in [-0.15, -0.1) is 0 Å². The summed E-state index contributed by atoms with van der Waals surface area (Å²) in [6.45, 7) is 5.50. The molecule has 2 saturated heterocycles. The molecule has 5 rings (SSSR count). The molecule has 0 spiro atoms. The molecule has 0 aliphatic carbocycles. The Morgan fingerprint density at radius 1 is 0.941 bits per heavy atom. The average Bonchev–Trinajstić information content (AvgIpc) is 2.89. The summed E-state index contributed by atoms with van der Waals surface area (Å²) in [5, 5.41) is 0. The van der Waals surface area contributed by atoms with Crippen LogP contribution >= 0.6 is 0 Å². The zero-order valence-corrected chi connectivity index (χ0v) is 19.7. The second kappa shape index (κ2) is 10.5. The number of rotatable bonds is 6. The van der Waals surface area contributed by atoms with Gasteiger partial charge in [-0.3, -0.25) is 14.6 Å². The van der Waals surface area contributed by atoms with Crippen molar-refractivity contribution in [2.45, 2.75) is 44.8 Å². The Labute approximate surface area is 201 Å². The molecule has 2 amide bonds. The van der Waals surface area contributed by atoms with Gasteiger partial charge in [-0.25, -0.2) is 4.79 Å². The van der Waals surface area contributed by atoms with Crippen molar-refractivity contribution in [3.8, 4) is 5.75 Å². The molecule has 0 saturated carbocycles. The van der Waals surface area contributed by atoms with Crippen LogP contribution < -0.4 is 9.64 Å². The summed E-state index contributed by atoms with van der Waals surface area (Å²) in [6.07, 6.45) is 5.06. The van der Waals surface area contributed by atoms with E-state index in [9.17, 15) is 9.59 Å². The first-order valence-corrected chi connectivity index (χ1v) is 12.5. The van der Waals surface area contributed by atoms with Gasteiger partial charge < -0.3 is 14.4 Å². The van der Waals surface area contributed by atoms with Crippen molar-refractivity contribution >= 4 is 17.7 Å². The van der Waals surface area contributed by atoms with Crippen molar-refractivity contribution in [2.75, 3.05) is 44.2 Å². The van der Waals surface area contributed by atoms with Crippen LogP contribution in [0.1, 0.15) is 48.0 Å². The minimum Gasteiger partial charge on any atom is -0.492 e. The van der Waals surface area contributed by atoms with Crippen LogP contribution in [0.2, 0.25) is 0 Å². The summed E-state index contributed by atoms with van der Waals surface area (Å²) in [4.78, 5) is 31.7. The predicted molar refractivity (Wildman–Crippen MR) is 130 cm³/mol. The lowest BCUT2D eigenvalue weighted by atomic mass is 10.00. The van der Waals surface area contributed by atoms with Gasteiger partial charge in [0.1, 0.15) is 19.0 Å². The van der Waals surface area contributed by atoms with E-state index >= 15 is 0 Å². The second-order valence-corrected chi connectivity index (χ2v) is 9.35. The number of anilines is 1. The second-order valence-electron chi connectivity index (χ2n) is 9.35. The van der Waals surface area contributed by atoms with Gasteiger partial charge in [0.15, 0.2) is 0 Å². The SMILES string of the molecule is O=C(c1ccc(OCCN2CCCCC2)cc1)N1CCC(N2C(=O)OCc3ccccc32)CC1. The molecule has 2 aromatic rings. The van der Waals surface area contributed by atoms with E-state index in [4.69, 9.17) is 9.47 Å². The molecule has 0 radical (unpaired) electrons. The molecule has 7 heteroatoms. The van der Waals surface area contributed by atoms with Gasteiger partial charge >= 0.3 is 6.09 Å². The molecule has 0 aromatic heterocycles. The fourth-order valence-electron chi connectivity index (χ4n) is 5.20. The number of para-hydroxylation sites is 1. The lowest BCUT2D eigenvalue weighted by molar-refractivity contribution is 0.0708. The molecular weight excluding hydrogens is 430 g/mol. The van der Waals surface area contributed by atoms with Gasteiger partial charge in [-0.05, 0) is 69.1 Å². The molecule has 3 heterocycles. The summed E-state index contributed by atoms with van der Waals surface area (Å²) >= 11 is 0. The molecule has 34 heavy (non-hydrogen) atoms. The molecule has 0 atom stereocenters. The number of fused-ring (bicyclic) bond motifs is 1. The van der Waals surface area contributed by atoms with Gasteiger partial charge in [0.2, 0.25) is 0 Å². The number of cyclic esters (lactones) is 1. The number of hydrogen-bond donors (Lipinski definition) is 0. The first-order chi connectivity index (χ1) is 16.7. The number of carbonyl (C=O) groups is 2. The number of hydrogen-bond acceptors (Lipinski definition) is 5. The molecule has 3 aliphatic heterocycles. The maximum atomic E-state index is 13.1. The molecule has 2 aromatic carbocycles. The molecule has 7 nitrogen and oxygen atoms in total. The van der Waals surface area contributed by atoms with E-state index in [2.05, 4.69) is 4.90 Å². The standard InChI is InChI=1S/C27H33N3O4/c31-26(21-8-10-24(11-9-21)33-19-18-28-14-4-1-5-15-28)29-16-12-23(13-17-29)30-25-7-3-2-6-22(25)20-34-27(30)32/h2-3,6-11,23H,1,4-5,12-20H2. The number of benzene rings is 2. The Morgan fingerprint density at radius 2 is 1.68 bits per heavy atom. The monoisotopic (exact) mass is 463 g/mol. The largest absolute Gasteiger partial charge is 0.492 e. The zero-order valence-electron chi connectivity index (χ0n) is 19.7. The molecule has 180 valence electrons. The molecule has 2 fully saturated rings. The van der Waals surface area contributed by atoms with E-state index < -0.39 is 0 Å². The van der Waals surface area contributed by atoms with Crippen LogP contribution in [0.15, 0.2) is 48.5 Å². The zero-order chi connectivity index (χ0) is 23.3. The number of piperidine rings is 2. The molecule has 0 unspecified atom stereocenters. The van der Waals surface area contributed by atoms with Crippen molar-refractivity contribution in [3.63, 3.8) is 0 Å². The van der Waals surface area contributed by atoms with Crippen LogP contribution in [0.25, 0.3) is 0 Å². The maximum absolute atomic E-state index is 13.1. The van der Waals surface area contributed by atoms with Crippen LogP contribution in [0, 0.1) is 0 Å². The fourth-order valence-corrected chi connectivity index (χ4v) is 5.20. The third-order valence-electron chi connectivity index (χ3n) is 7.14. The van der Waals surface area contributed by atoms with E-state index in [1.807, 2.05) is 53.4 Å². The van der Waals surface area contributed by atoms with E-state index in [1.165, 1.54) is 32.4 Å². The Hall–Kier alpha value is -3.06. The lowest BCUT2D eigenvalue weighted by Gasteiger charge is -2.40. The molecule has 0 bridgehead atoms. The third-order valence-corrected chi connectivity index (χ3v) is 7.14. The normalized spacial score (nSPS) is 19.5. The Kier molecular flexibility index (Phi) is 7.00. The van der Waals surface area contributed by atoms with Gasteiger partial charge in [-0.2, -0.15) is 0 Å².